The Bertz CT molecular complexity index is 60.9. The maximum atomic E-state index is 9.75. The average Bonchev–Trinajstić information content (AvgIpc) is 1.36. The van der Waals surface area contributed by atoms with E-state index < -0.39 is 5.22 Å². The Labute approximate surface area is 43.0 Å². The maximum Gasteiger partial charge on any atom is 0.107 e. The van der Waals surface area contributed by atoms with Crippen molar-refractivity contribution < 1.29 is 5.11 Å². The molecule has 0 N–H and O–H groups in total. The van der Waals surface area contributed by atoms with Gasteiger partial charge in [0.2, 0.25) is 0 Å². The van der Waals surface area contributed by atoms with E-state index in [9.17, 15) is 5.11 Å². The number of rotatable bonds is 0. The lowest BCUT2D eigenvalue weighted by Gasteiger charge is -2.00. The standard InChI is InChI=1S/C3H4BClO/c1-2(4)3(5)6/h6H,1H3/p-1. The Balaban J connectivity index is 3.68. The van der Waals surface area contributed by atoms with Crippen LogP contribution in [-0.2, 0) is 0 Å². The summed E-state index contributed by atoms with van der Waals surface area (Å²) >= 11 is 4.81. The fourth-order valence-corrected chi connectivity index (χ4v) is 0. The normalized spacial score (nSPS) is 13.7. The van der Waals surface area contributed by atoms with Gasteiger partial charge in [-0.2, -0.15) is 0 Å². The molecule has 0 spiro atoms. The van der Waals surface area contributed by atoms with E-state index in [0.717, 1.165) is 0 Å². The third-order valence-electron chi connectivity index (χ3n) is 0.310. The van der Waals surface area contributed by atoms with E-state index in [-0.39, 0.29) is 5.47 Å². The molecule has 0 aromatic carbocycles. The maximum absolute atomic E-state index is 9.75. The molecule has 0 saturated heterocycles. The molecule has 0 aliphatic rings. The first-order valence-corrected chi connectivity index (χ1v) is 1.81. The van der Waals surface area contributed by atoms with Gasteiger partial charge >= 0.3 is 0 Å². The highest BCUT2D eigenvalue weighted by molar-refractivity contribution is 6.34. The first-order valence-electron chi connectivity index (χ1n) is 1.43. The Morgan fingerprint density at radius 3 is 2.00 bits per heavy atom. The number of halogens is 1. The molecule has 0 amide bonds. The molecule has 0 atom stereocenters. The number of hydrogen-bond acceptors (Lipinski definition) is 1. The molecule has 6 heavy (non-hydrogen) atoms. The molecule has 32 valence electrons. The zero-order valence-electron chi connectivity index (χ0n) is 3.36. The largest absolute Gasteiger partial charge is 0.865 e. The van der Waals surface area contributed by atoms with Crippen LogP contribution in [0.15, 0.2) is 10.7 Å². The van der Waals surface area contributed by atoms with Crippen molar-refractivity contribution in [2.75, 3.05) is 0 Å². The molecule has 0 heterocycles. The third kappa shape index (κ3) is 2.15. The van der Waals surface area contributed by atoms with Crippen molar-refractivity contribution in [3.8, 4) is 0 Å². The Kier molecular flexibility index (Phi) is 2.10. The molecule has 0 aromatic rings. The van der Waals surface area contributed by atoms with E-state index in [1.165, 1.54) is 6.92 Å². The van der Waals surface area contributed by atoms with Crippen molar-refractivity contribution in [1.82, 2.24) is 0 Å². The lowest BCUT2D eigenvalue weighted by molar-refractivity contribution is -0.287. The second-order valence-corrected chi connectivity index (χ2v) is 1.30. The fourth-order valence-electron chi connectivity index (χ4n) is 0. The summed E-state index contributed by atoms with van der Waals surface area (Å²) in [6.45, 7) is 1.45. The summed E-state index contributed by atoms with van der Waals surface area (Å²) in [7, 11) is 4.87. The van der Waals surface area contributed by atoms with Crippen molar-refractivity contribution in [3.63, 3.8) is 0 Å². The molecule has 0 fully saturated rings. The summed E-state index contributed by atoms with van der Waals surface area (Å²) in [5, 5.41) is 9.17. The van der Waals surface area contributed by atoms with E-state index >= 15 is 0 Å². The predicted octanol–water partition coefficient (Wildman–Crippen LogP) is -0.0570. The molecule has 3 heteroatoms. The third-order valence-corrected chi connectivity index (χ3v) is 0.608. The lowest BCUT2D eigenvalue weighted by atomic mass is 10.0. The molecule has 0 rings (SSSR count). The van der Waals surface area contributed by atoms with Crippen LogP contribution in [0, 0.1) is 0 Å². The Morgan fingerprint density at radius 1 is 1.83 bits per heavy atom. The van der Waals surface area contributed by atoms with E-state index in [1.54, 1.807) is 0 Å². The predicted molar refractivity (Wildman–Crippen MR) is 24.3 cm³/mol. The van der Waals surface area contributed by atoms with Gasteiger partial charge in [-0.15, -0.1) is 17.1 Å². The molecule has 1 nitrogen and oxygen atoms in total. The zero-order chi connectivity index (χ0) is 5.15. The van der Waals surface area contributed by atoms with Crippen molar-refractivity contribution in [2.24, 2.45) is 0 Å². The Morgan fingerprint density at radius 2 is 2.00 bits per heavy atom. The molecular weight excluding hydrogens is 98.3 g/mol. The van der Waals surface area contributed by atoms with Gasteiger partial charge in [0.05, 0.1) is 0 Å². The van der Waals surface area contributed by atoms with Crippen molar-refractivity contribution in [1.29, 1.82) is 0 Å². The van der Waals surface area contributed by atoms with Crippen LogP contribution < -0.4 is 5.11 Å². The summed E-state index contributed by atoms with van der Waals surface area (Å²) in [6.07, 6.45) is 0. The fraction of sp³-hybridized carbons (Fsp3) is 0.333. The summed E-state index contributed by atoms with van der Waals surface area (Å²) in [6, 6.07) is 0. The molecule has 0 aliphatic carbocycles. The van der Waals surface area contributed by atoms with Crippen LogP contribution in [0.3, 0.4) is 0 Å². The van der Waals surface area contributed by atoms with Crippen LogP contribution in [0.1, 0.15) is 6.92 Å². The molecular formula is C3H3BClO-. The van der Waals surface area contributed by atoms with Gasteiger partial charge in [-0.1, -0.05) is 6.92 Å². The van der Waals surface area contributed by atoms with Gasteiger partial charge in [-0.3, -0.25) is 0 Å². The van der Waals surface area contributed by atoms with Gasteiger partial charge in [0, 0.05) is 0 Å². The number of hydrogen-bond donors (Lipinski definition) is 0. The minimum atomic E-state index is -0.574. The van der Waals surface area contributed by atoms with Crippen LogP contribution in [0.5, 0.6) is 0 Å². The summed E-state index contributed by atoms with van der Waals surface area (Å²) in [4.78, 5) is 0. The van der Waals surface area contributed by atoms with E-state index in [2.05, 4.69) is 0 Å². The van der Waals surface area contributed by atoms with Gasteiger partial charge in [0.1, 0.15) is 7.85 Å². The quantitative estimate of drug-likeness (QED) is 0.310. The zero-order valence-corrected chi connectivity index (χ0v) is 4.12. The van der Waals surface area contributed by atoms with Gasteiger partial charge < -0.3 is 5.11 Å². The molecule has 0 aromatic heterocycles. The van der Waals surface area contributed by atoms with Crippen LogP contribution in [-0.4, -0.2) is 7.85 Å². The van der Waals surface area contributed by atoms with Crippen LogP contribution >= 0.6 is 11.6 Å². The van der Waals surface area contributed by atoms with E-state index in [0.29, 0.717) is 0 Å². The molecule has 0 unspecified atom stereocenters. The van der Waals surface area contributed by atoms with Crippen LogP contribution in [0.4, 0.5) is 0 Å². The first kappa shape index (κ1) is 5.89. The summed E-state index contributed by atoms with van der Waals surface area (Å²) in [5.74, 6) is 0. The van der Waals surface area contributed by atoms with Crippen molar-refractivity contribution in [2.45, 2.75) is 6.92 Å². The van der Waals surface area contributed by atoms with Crippen LogP contribution in [0.2, 0.25) is 0 Å². The minimum absolute atomic E-state index is 0.136. The second kappa shape index (κ2) is 2.14. The smallest absolute Gasteiger partial charge is 0.107 e. The second-order valence-electron chi connectivity index (χ2n) is 0.957. The molecule has 0 aliphatic heterocycles. The van der Waals surface area contributed by atoms with Crippen molar-refractivity contribution in [3.05, 3.63) is 10.7 Å². The lowest BCUT2D eigenvalue weighted by Crippen LogP contribution is -1.97. The summed E-state index contributed by atoms with van der Waals surface area (Å²) < 4.78 is 0. The molecule has 0 saturated carbocycles. The van der Waals surface area contributed by atoms with Gasteiger partial charge in [0.15, 0.2) is 0 Å². The van der Waals surface area contributed by atoms with Gasteiger partial charge in [-0.25, -0.2) is 0 Å². The minimum Gasteiger partial charge on any atom is -0.865 e. The van der Waals surface area contributed by atoms with E-state index in [1.807, 2.05) is 0 Å². The molecule has 0 bridgehead atoms. The monoisotopic (exact) mass is 101 g/mol. The molecule has 2 radical (unpaired) electrons. The SMILES string of the molecule is [B]C(C)=C([O-])Cl. The number of allylic oxidation sites excluding steroid dienone is 1. The topological polar surface area (TPSA) is 23.1 Å². The Hall–Kier alpha value is -0.105. The highest BCUT2D eigenvalue weighted by Crippen LogP contribution is 1.93. The van der Waals surface area contributed by atoms with Crippen LogP contribution in [0.25, 0.3) is 0 Å². The average molecular weight is 101 g/mol. The van der Waals surface area contributed by atoms with Gasteiger partial charge in [-0.05, 0) is 5.22 Å². The van der Waals surface area contributed by atoms with Gasteiger partial charge in [0.25, 0.3) is 0 Å². The summed E-state index contributed by atoms with van der Waals surface area (Å²) in [5.41, 5.74) is 0.136. The van der Waals surface area contributed by atoms with E-state index in [4.69, 9.17) is 19.4 Å². The first-order chi connectivity index (χ1) is 2.64. The van der Waals surface area contributed by atoms with Crippen molar-refractivity contribution >= 4 is 19.4 Å². The highest BCUT2D eigenvalue weighted by atomic mass is 35.5. The highest BCUT2D eigenvalue weighted by Gasteiger charge is 1.70.